The molecule has 4 heteroatoms. The van der Waals surface area contributed by atoms with E-state index in [9.17, 15) is 9.59 Å². The van der Waals surface area contributed by atoms with Gasteiger partial charge < -0.3 is 11.1 Å². The summed E-state index contributed by atoms with van der Waals surface area (Å²) in [7, 11) is 1.59. The Kier molecular flexibility index (Phi) is 3.65. The number of hydrogen-bond donors (Lipinski definition) is 2. The molecule has 1 aliphatic carbocycles. The highest BCUT2D eigenvalue weighted by Gasteiger charge is 2.21. The zero-order chi connectivity index (χ0) is 13.1. The number of nitrogens with one attached hydrogen (secondary N) is 1. The van der Waals surface area contributed by atoms with Gasteiger partial charge in [0.2, 0.25) is 0 Å². The van der Waals surface area contributed by atoms with Crippen LogP contribution >= 0.6 is 0 Å². The average Bonchev–Trinajstić information content (AvgIpc) is 2.39. The van der Waals surface area contributed by atoms with Crippen molar-refractivity contribution in [1.29, 1.82) is 0 Å². The van der Waals surface area contributed by atoms with E-state index in [-0.39, 0.29) is 5.91 Å². The van der Waals surface area contributed by atoms with Gasteiger partial charge in [-0.2, -0.15) is 0 Å². The Balaban J connectivity index is 2.24. The van der Waals surface area contributed by atoms with E-state index >= 15 is 0 Å². The van der Waals surface area contributed by atoms with E-state index in [1.165, 1.54) is 0 Å². The second-order valence-corrected chi connectivity index (χ2v) is 4.74. The van der Waals surface area contributed by atoms with Crippen molar-refractivity contribution in [2.45, 2.75) is 31.6 Å². The summed E-state index contributed by atoms with van der Waals surface area (Å²) in [5.74, 6) is 0.543. The number of amides is 1. The SMILES string of the molecule is CNC(=O)c1cc(C2CCC(=O)CC2)ccc1N. The van der Waals surface area contributed by atoms with Gasteiger partial charge in [0.15, 0.2) is 0 Å². The maximum Gasteiger partial charge on any atom is 0.253 e. The molecule has 0 saturated heterocycles. The molecule has 0 aromatic heterocycles. The topological polar surface area (TPSA) is 72.2 Å². The Bertz CT molecular complexity index is 473. The van der Waals surface area contributed by atoms with Crippen LogP contribution in [-0.4, -0.2) is 18.7 Å². The van der Waals surface area contributed by atoms with Crippen molar-refractivity contribution in [2.24, 2.45) is 0 Å². The summed E-state index contributed by atoms with van der Waals surface area (Å²) in [5, 5.41) is 2.59. The number of Topliss-reactive ketones (excluding diaryl/α,β-unsaturated/α-hetero) is 1. The quantitative estimate of drug-likeness (QED) is 0.782. The number of rotatable bonds is 2. The molecule has 1 aliphatic rings. The van der Waals surface area contributed by atoms with Gasteiger partial charge in [0.25, 0.3) is 5.91 Å². The van der Waals surface area contributed by atoms with Gasteiger partial charge in [-0.25, -0.2) is 0 Å². The summed E-state index contributed by atoms with van der Waals surface area (Å²) >= 11 is 0. The van der Waals surface area contributed by atoms with E-state index in [4.69, 9.17) is 5.73 Å². The number of carbonyl (C=O) groups is 2. The summed E-state index contributed by atoms with van der Waals surface area (Å²) in [6.45, 7) is 0. The molecule has 2 rings (SSSR count). The monoisotopic (exact) mass is 246 g/mol. The van der Waals surface area contributed by atoms with Crippen molar-refractivity contribution in [3.8, 4) is 0 Å². The Labute approximate surface area is 107 Å². The van der Waals surface area contributed by atoms with Crippen LogP contribution in [0.3, 0.4) is 0 Å². The number of nitrogens with two attached hydrogens (primary N) is 1. The van der Waals surface area contributed by atoms with Crippen molar-refractivity contribution in [3.05, 3.63) is 29.3 Å². The first-order valence-electron chi connectivity index (χ1n) is 6.25. The molecule has 0 spiro atoms. The standard InChI is InChI=1S/C14H18N2O2/c1-16-14(18)12-8-10(4-7-13(12)15)9-2-5-11(17)6-3-9/h4,7-9H,2-3,5-6,15H2,1H3,(H,16,18). The van der Waals surface area contributed by atoms with E-state index in [2.05, 4.69) is 5.32 Å². The van der Waals surface area contributed by atoms with Gasteiger partial charge in [-0.05, 0) is 36.5 Å². The zero-order valence-corrected chi connectivity index (χ0v) is 10.5. The highest BCUT2D eigenvalue weighted by atomic mass is 16.1. The lowest BCUT2D eigenvalue weighted by Crippen LogP contribution is -2.20. The molecule has 0 aliphatic heterocycles. The fraction of sp³-hybridized carbons (Fsp3) is 0.429. The van der Waals surface area contributed by atoms with Gasteiger partial charge in [0.1, 0.15) is 5.78 Å². The first-order valence-corrected chi connectivity index (χ1v) is 6.25. The lowest BCUT2D eigenvalue weighted by atomic mass is 9.83. The zero-order valence-electron chi connectivity index (χ0n) is 10.5. The van der Waals surface area contributed by atoms with Gasteiger partial charge in [-0.3, -0.25) is 9.59 Å². The maximum atomic E-state index is 11.7. The van der Waals surface area contributed by atoms with Crippen LogP contribution in [0.4, 0.5) is 5.69 Å². The molecule has 1 amide bonds. The summed E-state index contributed by atoms with van der Waals surface area (Å²) in [5.41, 5.74) is 7.92. The third-order valence-corrected chi connectivity index (χ3v) is 3.56. The van der Waals surface area contributed by atoms with Crippen molar-refractivity contribution in [1.82, 2.24) is 5.32 Å². The predicted octanol–water partition coefficient (Wildman–Crippen LogP) is 1.86. The number of nitrogen functional groups attached to an aromatic ring is 1. The highest BCUT2D eigenvalue weighted by molar-refractivity contribution is 5.99. The maximum absolute atomic E-state index is 11.7. The van der Waals surface area contributed by atoms with E-state index in [0.29, 0.717) is 35.8 Å². The highest BCUT2D eigenvalue weighted by Crippen LogP contribution is 2.32. The first kappa shape index (κ1) is 12.6. The molecular weight excluding hydrogens is 228 g/mol. The first-order chi connectivity index (χ1) is 8.61. The number of ketones is 1. The second-order valence-electron chi connectivity index (χ2n) is 4.74. The molecule has 0 heterocycles. The van der Waals surface area contributed by atoms with E-state index in [1.54, 1.807) is 13.1 Å². The summed E-state index contributed by atoms with van der Waals surface area (Å²) < 4.78 is 0. The number of carbonyl (C=O) groups excluding carboxylic acids is 2. The molecule has 0 radical (unpaired) electrons. The van der Waals surface area contributed by atoms with Crippen LogP contribution < -0.4 is 11.1 Å². The molecule has 0 atom stereocenters. The Morgan fingerprint density at radius 3 is 2.61 bits per heavy atom. The van der Waals surface area contributed by atoms with Gasteiger partial charge in [-0.15, -0.1) is 0 Å². The fourth-order valence-corrected chi connectivity index (χ4v) is 2.43. The third kappa shape index (κ3) is 2.53. The van der Waals surface area contributed by atoms with Crippen LogP contribution in [0, 0.1) is 0 Å². The van der Waals surface area contributed by atoms with E-state index in [0.717, 1.165) is 18.4 Å². The minimum absolute atomic E-state index is 0.166. The summed E-state index contributed by atoms with van der Waals surface area (Å²) in [6.07, 6.45) is 3.03. The van der Waals surface area contributed by atoms with Crippen molar-refractivity contribution in [3.63, 3.8) is 0 Å². The smallest absolute Gasteiger partial charge is 0.253 e. The second kappa shape index (κ2) is 5.21. The number of anilines is 1. The molecule has 1 aromatic carbocycles. The minimum Gasteiger partial charge on any atom is -0.398 e. The fourth-order valence-electron chi connectivity index (χ4n) is 2.43. The van der Waals surface area contributed by atoms with E-state index in [1.807, 2.05) is 12.1 Å². The number of benzene rings is 1. The number of hydrogen-bond acceptors (Lipinski definition) is 3. The molecule has 0 bridgehead atoms. The van der Waals surface area contributed by atoms with Crippen LogP contribution in [0.1, 0.15) is 47.5 Å². The third-order valence-electron chi connectivity index (χ3n) is 3.56. The Morgan fingerprint density at radius 1 is 1.33 bits per heavy atom. The average molecular weight is 246 g/mol. The van der Waals surface area contributed by atoms with Crippen LogP contribution in [0.2, 0.25) is 0 Å². The normalized spacial score (nSPS) is 16.6. The van der Waals surface area contributed by atoms with Crippen LogP contribution in [0.5, 0.6) is 0 Å². The van der Waals surface area contributed by atoms with Gasteiger partial charge in [-0.1, -0.05) is 6.07 Å². The van der Waals surface area contributed by atoms with E-state index < -0.39 is 0 Å². The van der Waals surface area contributed by atoms with Gasteiger partial charge in [0, 0.05) is 25.6 Å². The molecule has 1 saturated carbocycles. The van der Waals surface area contributed by atoms with Crippen molar-refractivity contribution >= 4 is 17.4 Å². The van der Waals surface area contributed by atoms with Gasteiger partial charge in [0.05, 0.1) is 5.56 Å². The largest absolute Gasteiger partial charge is 0.398 e. The van der Waals surface area contributed by atoms with Crippen LogP contribution in [0.15, 0.2) is 18.2 Å². The Morgan fingerprint density at radius 2 is 2.00 bits per heavy atom. The minimum atomic E-state index is -0.166. The summed E-state index contributed by atoms with van der Waals surface area (Å²) in [6, 6.07) is 5.59. The van der Waals surface area contributed by atoms with Crippen molar-refractivity contribution < 1.29 is 9.59 Å². The molecule has 1 aromatic rings. The van der Waals surface area contributed by atoms with Crippen LogP contribution in [-0.2, 0) is 4.79 Å². The van der Waals surface area contributed by atoms with Crippen molar-refractivity contribution in [2.75, 3.05) is 12.8 Å². The molecule has 18 heavy (non-hydrogen) atoms. The molecular formula is C14H18N2O2. The molecule has 4 nitrogen and oxygen atoms in total. The molecule has 1 fully saturated rings. The summed E-state index contributed by atoms with van der Waals surface area (Å²) in [4.78, 5) is 22.9. The molecule has 3 N–H and O–H groups in total. The molecule has 96 valence electrons. The van der Waals surface area contributed by atoms with Gasteiger partial charge >= 0.3 is 0 Å². The predicted molar refractivity (Wildman–Crippen MR) is 70.5 cm³/mol. The lowest BCUT2D eigenvalue weighted by molar-refractivity contribution is -0.120. The Hall–Kier alpha value is -1.84. The lowest BCUT2D eigenvalue weighted by Gasteiger charge is -2.22. The van der Waals surface area contributed by atoms with Crippen LogP contribution in [0.25, 0.3) is 0 Å². The molecule has 0 unspecified atom stereocenters.